The van der Waals surface area contributed by atoms with Crippen LogP contribution in [-0.2, 0) is 14.8 Å². The quantitative estimate of drug-likeness (QED) is 0.300. The molecule has 0 atom stereocenters. The van der Waals surface area contributed by atoms with Gasteiger partial charge in [0.25, 0.3) is 10.0 Å². The molecule has 4 heterocycles. The number of aromatic nitrogens is 4. The molecule has 1 aromatic carbocycles. The maximum atomic E-state index is 16.0. The maximum Gasteiger partial charge on any atom is 0.263 e. The van der Waals surface area contributed by atoms with E-state index in [1.165, 1.54) is 41.9 Å². The second-order valence-corrected chi connectivity index (χ2v) is 11.9. The predicted molar refractivity (Wildman–Crippen MR) is 150 cm³/mol. The number of anilines is 3. The third kappa shape index (κ3) is 6.15. The van der Waals surface area contributed by atoms with Crippen molar-refractivity contribution in [3.8, 4) is 21.8 Å². The van der Waals surface area contributed by atoms with Gasteiger partial charge in [-0.1, -0.05) is 31.3 Å². The molecular weight excluding hydrogens is 541 g/mol. The Morgan fingerprint density at radius 2 is 1.92 bits per heavy atom. The lowest BCUT2D eigenvalue weighted by atomic mass is 10.1. The summed E-state index contributed by atoms with van der Waals surface area (Å²) >= 11 is 1.40. The van der Waals surface area contributed by atoms with Crippen LogP contribution in [0.4, 0.5) is 21.2 Å². The van der Waals surface area contributed by atoms with Crippen LogP contribution in [0.15, 0.2) is 59.9 Å². The van der Waals surface area contributed by atoms with E-state index in [0.29, 0.717) is 66.1 Å². The number of benzene rings is 1. The molecule has 2 N–H and O–H groups in total. The van der Waals surface area contributed by atoms with Crippen molar-refractivity contribution in [1.82, 2.24) is 19.9 Å². The fourth-order valence-corrected chi connectivity index (χ4v) is 6.05. The molecule has 1 fully saturated rings. The summed E-state index contributed by atoms with van der Waals surface area (Å²) < 4.78 is 49.6. The van der Waals surface area contributed by atoms with Crippen LogP contribution in [-0.4, -0.2) is 61.2 Å². The van der Waals surface area contributed by atoms with Crippen molar-refractivity contribution in [3.63, 3.8) is 0 Å². The first-order valence-electron chi connectivity index (χ1n) is 12.4. The minimum Gasteiger partial charge on any atom is -0.378 e. The number of hydrogen-bond acceptors (Lipinski definition) is 10. The first-order chi connectivity index (χ1) is 18.8. The van der Waals surface area contributed by atoms with Gasteiger partial charge in [0.15, 0.2) is 10.9 Å². The zero-order valence-electron chi connectivity index (χ0n) is 21.5. The second kappa shape index (κ2) is 11.6. The number of morpholine rings is 1. The molecule has 4 aromatic rings. The Labute approximate surface area is 230 Å². The normalized spacial score (nSPS) is 14.0. The molecule has 13 heteroatoms. The van der Waals surface area contributed by atoms with E-state index in [2.05, 4.69) is 43.7 Å². The van der Waals surface area contributed by atoms with E-state index < -0.39 is 15.8 Å². The van der Waals surface area contributed by atoms with E-state index in [-0.39, 0.29) is 16.1 Å². The Kier molecular flexibility index (Phi) is 8.00. The van der Waals surface area contributed by atoms with Gasteiger partial charge in [-0.25, -0.2) is 27.8 Å². The summed E-state index contributed by atoms with van der Waals surface area (Å²) in [6, 6.07) is 9.20. The van der Waals surface area contributed by atoms with E-state index in [1.807, 2.05) is 0 Å². The van der Waals surface area contributed by atoms with Crippen molar-refractivity contribution in [3.05, 3.63) is 60.8 Å². The van der Waals surface area contributed by atoms with Gasteiger partial charge in [-0.15, -0.1) is 0 Å². The fraction of sp³-hybridized carbons (Fsp3) is 0.308. The summed E-state index contributed by atoms with van der Waals surface area (Å²) in [5, 5.41) is 3.93. The average Bonchev–Trinajstić information content (AvgIpc) is 3.39. The van der Waals surface area contributed by atoms with Gasteiger partial charge in [0.05, 0.1) is 35.2 Å². The number of hydrogen-bond donors (Lipinski definition) is 2. The summed E-state index contributed by atoms with van der Waals surface area (Å²) in [5.74, 6) is 0.126. The molecule has 0 saturated carbocycles. The number of nitrogens with one attached hydrogen (secondary N) is 2. The molecule has 0 spiro atoms. The highest BCUT2D eigenvalue weighted by Crippen LogP contribution is 2.42. The van der Waals surface area contributed by atoms with Crippen molar-refractivity contribution in [1.29, 1.82) is 0 Å². The minimum absolute atomic E-state index is 0.0684. The fourth-order valence-electron chi connectivity index (χ4n) is 3.92. The smallest absolute Gasteiger partial charge is 0.263 e. The number of pyridine rings is 1. The van der Waals surface area contributed by atoms with Gasteiger partial charge in [0, 0.05) is 43.8 Å². The molecule has 0 amide bonds. The van der Waals surface area contributed by atoms with Crippen LogP contribution in [0.1, 0.15) is 13.8 Å². The van der Waals surface area contributed by atoms with Gasteiger partial charge in [0.2, 0.25) is 5.95 Å². The van der Waals surface area contributed by atoms with E-state index >= 15 is 4.39 Å². The van der Waals surface area contributed by atoms with Crippen LogP contribution < -0.4 is 14.9 Å². The minimum atomic E-state index is -4.05. The van der Waals surface area contributed by atoms with Crippen LogP contribution in [0.25, 0.3) is 21.8 Å². The predicted octanol–water partition coefficient (Wildman–Crippen LogP) is 4.51. The highest BCUT2D eigenvalue weighted by Gasteiger charge is 2.25. The molecule has 39 heavy (non-hydrogen) atoms. The maximum absolute atomic E-state index is 16.0. The Morgan fingerprint density at radius 3 is 2.67 bits per heavy atom. The molecule has 0 bridgehead atoms. The lowest BCUT2D eigenvalue weighted by Gasteiger charge is -2.26. The average molecular weight is 570 g/mol. The van der Waals surface area contributed by atoms with E-state index in [4.69, 9.17) is 9.72 Å². The number of thiazole rings is 1. The summed E-state index contributed by atoms with van der Waals surface area (Å²) in [5.41, 5.74) is 0.923. The molecule has 0 radical (unpaired) electrons. The number of nitrogens with zero attached hydrogens (tertiary/aromatic N) is 5. The monoisotopic (exact) mass is 569 g/mol. The van der Waals surface area contributed by atoms with Crippen LogP contribution in [0.3, 0.4) is 0 Å². The first-order valence-corrected chi connectivity index (χ1v) is 14.7. The zero-order valence-corrected chi connectivity index (χ0v) is 23.1. The standard InChI is InChI=1S/C26H28FN7O3S2/c1-17(2)15-30-25-29-10-8-21(31-25)24-23(32-26(38-24)34-11-13-37-14-12-34)19-6-3-7-20(22(19)27)33-39(35,36)18-5-4-9-28-16-18/h3-10,16-17,33H,11-15H2,1-2H3,(H,29,30,31). The molecule has 10 nitrogen and oxygen atoms in total. The Balaban J connectivity index is 1.56. The summed E-state index contributed by atoms with van der Waals surface area (Å²) in [6.45, 7) is 7.33. The highest BCUT2D eigenvalue weighted by molar-refractivity contribution is 7.92. The van der Waals surface area contributed by atoms with Gasteiger partial charge in [-0.2, -0.15) is 0 Å². The van der Waals surface area contributed by atoms with Gasteiger partial charge < -0.3 is 15.0 Å². The highest BCUT2D eigenvalue weighted by atomic mass is 32.2. The third-order valence-corrected chi connectivity index (χ3v) is 8.39. The Hall–Kier alpha value is -3.68. The summed E-state index contributed by atoms with van der Waals surface area (Å²) in [4.78, 5) is 20.3. The molecule has 1 aliphatic rings. The van der Waals surface area contributed by atoms with Gasteiger partial charge in [-0.3, -0.25) is 9.71 Å². The number of halogens is 1. The van der Waals surface area contributed by atoms with E-state index in [1.54, 1.807) is 24.4 Å². The third-order valence-electron chi connectivity index (χ3n) is 5.90. The van der Waals surface area contributed by atoms with E-state index in [0.717, 1.165) is 0 Å². The Morgan fingerprint density at radius 1 is 1.10 bits per heavy atom. The van der Waals surface area contributed by atoms with Crippen LogP contribution >= 0.6 is 11.3 Å². The van der Waals surface area contributed by atoms with Crippen LogP contribution in [0.2, 0.25) is 0 Å². The molecule has 204 valence electrons. The second-order valence-electron chi connectivity index (χ2n) is 9.28. The molecular formula is C26H28FN7O3S2. The molecule has 1 aliphatic heterocycles. The summed E-state index contributed by atoms with van der Waals surface area (Å²) in [7, 11) is -4.05. The molecule has 3 aromatic heterocycles. The van der Waals surface area contributed by atoms with Crippen molar-refractivity contribution in [2.75, 3.05) is 47.8 Å². The SMILES string of the molecule is CC(C)CNc1nccc(-c2sc(N3CCOCC3)nc2-c2cccc(NS(=O)(=O)c3cccnc3)c2F)n1. The van der Waals surface area contributed by atoms with Crippen molar-refractivity contribution in [2.24, 2.45) is 5.92 Å². The largest absolute Gasteiger partial charge is 0.378 e. The van der Waals surface area contributed by atoms with Gasteiger partial charge >= 0.3 is 0 Å². The number of rotatable bonds is 9. The lowest BCUT2D eigenvalue weighted by molar-refractivity contribution is 0.122. The van der Waals surface area contributed by atoms with Crippen LogP contribution in [0.5, 0.6) is 0 Å². The van der Waals surface area contributed by atoms with Gasteiger partial charge in [-0.05, 0) is 36.2 Å². The number of ether oxygens (including phenoxy) is 1. The van der Waals surface area contributed by atoms with E-state index in [9.17, 15) is 8.42 Å². The van der Waals surface area contributed by atoms with Crippen molar-refractivity contribution < 1.29 is 17.5 Å². The van der Waals surface area contributed by atoms with Crippen LogP contribution in [0, 0.1) is 11.7 Å². The van der Waals surface area contributed by atoms with Crippen molar-refractivity contribution >= 4 is 38.1 Å². The molecule has 0 unspecified atom stereocenters. The number of sulfonamides is 1. The van der Waals surface area contributed by atoms with Crippen molar-refractivity contribution in [2.45, 2.75) is 18.7 Å². The van der Waals surface area contributed by atoms with Gasteiger partial charge in [0.1, 0.15) is 4.90 Å². The molecule has 0 aliphatic carbocycles. The topological polar surface area (TPSA) is 122 Å². The zero-order chi connectivity index (χ0) is 27.4. The Bertz CT molecular complexity index is 1540. The lowest BCUT2D eigenvalue weighted by Crippen LogP contribution is -2.36. The summed E-state index contributed by atoms with van der Waals surface area (Å²) in [6.07, 6.45) is 4.32. The molecule has 1 saturated heterocycles. The first kappa shape index (κ1) is 26.9. The molecule has 5 rings (SSSR count).